The van der Waals surface area contributed by atoms with Gasteiger partial charge in [0, 0.05) is 0 Å². The van der Waals surface area contributed by atoms with E-state index in [1.165, 1.54) is 12.1 Å². The standard InChI is InChI=1S/C10H5Br2FN2O2/c11-6-3-5(13)4-14-9(6)15-10(16)7-1-2-8(12)17-7/h1-4H,(H,14,15,16). The van der Waals surface area contributed by atoms with Crippen molar-refractivity contribution in [3.8, 4) is 0 Å². The number of carbonyl (C=O) groups is 1. The van der Waals surface area contributed by atoms with E-state index in [0.29, 0.717) is 9.14 Å². The van der Waals surface area contributed by atoms with Crippen molar-refractivity contribution in [3.63, 3.8) is 0 Å². The number of nitrogens with one attached hydrogen (secondary N) is 1. The summed E-state index contributed by atoms with van der Waals surface area (Å²) in [6.07, 6.45) is 1.01. The van der Waals surface area contributed by atoms with Crippen LogP contribution < -0.4 is 5.32 Å². The first kappa shape index (κ1) is 12.3. The van der Waals surface area contributed by atoms with Crippen molar-refractivity contribution in [2.75, 3.05) is 5.32 Å². The molecule has 7 heteroatoms. The molecule has 1 N–H and O–H groups in total. The molecule has 2 aromatic rings. The number of aromatic nitrogens is 1. The van der Waals surface area contributed by atoms with E-state index in [2.05, 4.69) is 42.2 Å². The fourth-order valence-corrected chi connectivity index (χ4v) is 1.84. The number of rotatable bonds is 2. The van der Waals surface area contributed by atoms with Crippen LogP contribution in [0.5, 0.6) is 0 Å². The Hall–Kier alpha value is -1.21. The largest absolute Gasteiger partial charge is 0.444 e. The molecule has 0 radical (unpaired) electrons. The van der Waals surface area contributed by atoms with Gasteiger partial charge in [-0.05, 0) is 50.1 Å². The van der Waals surface area contributed by atoms with Gasteiger partial charge in [-0.25, -0.2) is 9.37 Å². The third-order valence-electron chi connectivity index (χ3n) is 1.84. The SMILES string of the molecule is O=C(Nc1ncc(F)cc1Br)c1ccc(Br)o1. The Bertz CT molecular complexity index is 571. The van der Waals surface area contributed by atoms with Crippen LogP contribution in [-0.2, 0) is 0 Å². The normalized spacial score (nSPS) is 10.3. The predicted molar refractivity (Wildman–Crippen MR) is 66.3 cm³/mol. The van der Waals surface area contributed by atoms with Gasteiger partial charge in [-0.2, -0.15) is 0 Å². The Morgan fingerprint density at radius 3 is 2.76 bits per heavy atom. The smallest absolute Gasteiger partial charge is 0.292 e. The summed E-state index contributed by atoms with van der Waals surface area (Å²) in [6.45, 7) is 0. The van der Waals surface area contributed by atoms with Gasteiger partial charge < -0.3 is 9.73 Å². The minimum Gasteiger partial charge on any atom is -0.444 e. The maximum Gasteiger partial charge on any atom is 0.292 e. The molecule has 0 unspecified atom stereocenters. The van der Waals surface area contributed by atoms with Crippen molar-refractivity contribution in [2.24, 2.45) is 0 Å². The van der Waals surface area contributed by atoms with E-state index < -0.39 is 11.7 Å². The molecule has 1 amide bonds. The monoisotopic (exact) mass is 362 g/mol. The average Bonchev–Trinajstić information content (AvgIpc) is 2.69. The molecule has 0 atom stereocenters. The summed E-state index contributed by atoms with van der Waals surface area (Å²) in [4.78, 5) is 15.4. The minimum atomic E-state index is -0.490. The van der Waals surface area contributed by atoms with Crippen molar-refractivity contribution in [1.82, 2.24) is 4.98 Å². The third-order valence-corrected chi connectivity index (χ3v) is 2.87. The van der Waals surface area contributed by atoms with E-state index in [1.807, 2.05) is 0 Å². The molecule has 0 bridgehead atoms. The zero-order valence-electron chi connectivity index (χ0n) is 8.21. The lowest BCUT2D eigenvalue weighted by Crippen LogP contribution is -2.12. The van der Waals surface area contributed by atoms with E-state index in [-0.39, 0.29) is 11.6 Å². The lowest BCUT2D eigenvalue weighted by Gasteiger charge is -2.04. The van der Waals surface area contributed by atoms with Crippen molar-refractivity contribution < 1.29 is 13.6 Å². The van der Waals surface area contributed by atoms with Crippen LogP contribution in [0.15, 0.2) is 38.0 Å². The highest BCUT2D eigenvalue weighted by molar-refractivity contribution is 9.10. The van der Waals surface area contributed by atoms with Crippen molar-refractivity contribution in [3.05, 3.63) is 45.1 Å². The lowest BCUT2D eigenvalue weighted by molar-refractivity contribution is 0.0995. The van der Waals surface area contributed by atoms with Crippen LogP contribution >= 0.6 is 31.9 Å². The maximum atomic E-state index is 12.8. The molecule has 17 heavy (non-hydrogen) atoms. The average molecular weight is 364 g/mol. The van der Waals surface area contributed by atoms with E-state index in [1.54, 1.807) is 6.07 Å². The van der Waals surface area contributed by atoms with Gasteiger partial charge in [0.1, 0.15) is 11.6 Å². The number of furan rings is 1. The Balaban J connectivity index is 2.18. The van der Waals surface area contributed by atoms with Crippen LogP contribution in [0.4, 0.5) is 10.2 Å². The summed E-state index contributed by atoms with van der Waals surface area (Å²) in [5, 5.41) is 2.49. The Kier molecular flexibility index (Phi) is 3.58. The number of hydrogen-bond acceptors (Lipinski definition) is 3. The van der Waals surface area contributed by atoms with E-state index in [9.17, 15) is 9.18 Å². The molecule has 0 spiro atoms. The summed E-state index contributed by atoms with van der Waals surface area (Å²) >= 11 is 6.18. The Morgan fingerprint density at radius 2 is 2.18 bits per heavy atom. The Morgan fingerprint density at radius 1 is 1.41 bits per heavy atom. The quantitative estimate of drug-likeness (QED) is 0.887. The molecule has 0 aliphatic carbocycles. The molecule has 2 heterocycles. The molecule has 0 saturated carbocycles. The summed E-state index contributed by atoms with van der Waals surface area (Å²) in [5.74, 6) is -0.593. The second-order valence-corrected chi connectivity index (χ2v) is 4.68. The molecular formula is C10H5Br2FN2O2. The predicted octanol–water partition coefficient (Wildman–Crippen LogP) is 3.59. The van der Waals surface area contributed by atoms with E-state index in [0.717, 1.165) is 6.20 Å². The van der Waals surface area contributed by atoms with Gasteiger partial charge in [-0.3, -0.25) is 4.79 Å². The second-order valence-electron chi connectivity index (χ2n) is 3.04. The highest BCUT2D eigenvalue weighted by Crippen LogP contribution is 2.21. The first-order chi connectivity index (χ1) is 8.06. The van der Waals surface area contributed by atoms with Gasteiger partial charge in [0.15, 0.2) is 10.4 Å². The molecule has 4 nitrogen and oxygen atoms in total. The number of amides is 1. The summed E-state index contributed by atoms with van der Waals surface area (Å²) in [7, 11) is 0. The summed E-state index contributed by atoms with van der Waals surface area (Å²) in [5.41, 5.74) is 0. The first-order valence-electron chi connectivity index (χ1n) is 4.44. The first-order valence-corrected chi connectivity index (χ1v) is 6.02. The second kappa shape index (κ2) is 4.97. The maximum absolute atomic E-state index is 12.8. The van der Waals surface area contributed by atoms with Crippen molar-refractivity contribution in [1.29, 1.82) is 0 Å². The highest BCUT2D eigenvalue weighted by Gasteiger charge is 2.13. The molecule has 0 aliphatic heterocycles. The summed E-state index contributed by atoms with van der Waals surface area (Å²) in [6, 6.07) is 4.32. The number of hydrogen-bond donors (Lipinski definition) is 1. The van der Waals surface area contributed by atoms with Gasteiger partial charge >= 0.3 is 0 Å². The molecule has 0 saturated heterocycles. The molecule has 88 valence electrons. The number of pyridine rings is 1. The van der Waals surface area contributed by atoms with Gasteiger partial charge in [0.2, 0.25) is 0 Å². The summed E-state index contributed by atoms with van der Waals surface area (Å²) < 4.78 is 18.7. The fourth-order valence-electron chi connectivity index (χ4n) is 1.11. The number of nitrogens with zero attached hydrogens (tertiary/aromatic N) is 1. The van der Waals surface area contributed by atoms with Gasteiger partial charge in [-0.15, -0.1) is 0 Å². The number of carbonyl (C=O) groups excluding carboxylic acids is 1. The van der Waals surface area contributed by atoms with Crippen LogP contribution in [0.3, 0.4) is 0 Å². The van der Waals surface area contributed by atoms with Gasteiger partial charge in [0.05, 0.1) is 10.7 Å². The van der Waals surface area contributed by atoms with Crippen LogP contribution in [0, 0.1) is 5.82 Å². The lowest BCUT2D eigenvalue weighted by atomic mass is 10.4. The molecule has 0 aromatic carbocycles. The van der Waals surface area contributed by atoms with Crippen LogP contribution in [0.2, 0.25) is 0 Å². The molecule has 0 fully saturated rings. The highest BCUT2D eigenvalue weighted by atomic mass is 79.9. The molecular weight excluding hydrogens is 359 g/mol. The van der Waals surface area contributed by atoms with Crippen LogP contribution in [0.25, 0.3) is 0 Å². The third kappa shape index (κ3) is 2.92. The van der Waals surface area contributed by atoms with E-state index in [4.69, 9.17) is 4.42 Å². The van der Waals surface area contributed by atoms with Crippen LogP contribution in [-0.4, -0.2) is 10.9 Å². The molecule has 0 aliphatic rings. The molecule has 2 rings (SSSR count). The van der Waals surface area contributed by atoms with E-state index >= 15 is 0 Å². The van der Waals surface area contributed by atoms with Gasteiger partial charge in [0.25, 0.3) is 5.91 Å². The topological polar surface area (TPSA) is 55.1 Å². The van der Waals surface area contributed by atoms with Gasteiger partial charge in [-0.1, -0.05) is 0 Å². The fraction of sp³-hybridized carbons (Fsp3) is 0. The minimum absolute atomic E-state index is 0.134. The van der Waals surface area contributed by atoms with Crippen LogP contribution in [0.1, 0.15) is 10.6 Å². The zero-order chi connectivity index (χ0) is 12.4. The zero-order valence-corrected chi connectivity index (χ0v) is 11.4. The van der Waals surface area contributed by atoms with Crippen molar-refractivity contribution in [2.45, 2.75) is 0 Å². The Labute approximate surface area is 112 Å². The number of anilines is 1. The van der Waals surface area contributed by atoms with Crippen molar-refractivity contribution >= 4 is 43.6 Å². The molecule has 2 aromatic heterocycles. The number of halogens is 3.